The van der Waals surface area contributed by atoms with Crippen LogP contribution in [0.15, 0.2) is 36.7 Å². The van der Waals surface area contributed by atoms with Crippen molar-refractivity contribution in [2.24, 2.45) is 5.92 Å². The number of aromatic nitrogens is 2. The lowest BCUT2D eigenvalue weighted by molar-refractivity contribution is -0.138. The molecule has 2 aliphatic carbocycles. The predicted molar refractivity (Wildman–Crippen MR) is 137 cm³/mol. The molecule has 36 heavy (non-hydrogen) atoms. The number of carbonyl (C=O) groups is 1. The molecule has 2 aromatic carbocycles. The van der Waals surface area contributed by atoms with E-state index in [4.69, 9.17) is 5.11 Å². The summed E-state index contributed by atoms with van der Waals surface area (Å²) in [5.41, 5.74) is 7.07. The molecule has 5 rings (SSSR count). The Morgan fingerprint density at radius 2 is 1.89 bits per heavy atom. The van der Waals surface area contributed by atoms with E-state index in [0.717, 1.165) is 46.2 Å². The van der Waals surface area contributed by atoms with E-state index >= 15 is 4.39 Å². The first kappa shape index (κ1) is 24.4. The number of carboxylic acids is 1. The molecule has 188 valence electrons. The highest BCUT2D eigenvalue weighted by molar-refractivity contribution is 5.76. The molecule has 0 saturated heterocycles. The lowest BCUT2D eigenvalue weighted by atomic mass is 9.87. The van der Waals surface area contributed by atoms with Crippen LogP contribution in [0.5, 0.6) is 0 Å². The van der Waals surface area contributed by atoms with Gasteiger partial charge in [-0.25, -0.2) is 9.37 Å². The Morgan fingerprint density at radius 1 is 1.17 bits per heavy atom. The first-order chi connectivity index (χ1) is 17.0. The van der Waals surface area contributed by atoms with Crippen LogP contribution < -0.4 is 5.32 Å². The lowest BCUT2D eigenvalue weighted by Gasteiger charge is -2.21. The minimum atomic E-state index is -0.796. The third-order valence-electron chi connectivity index (χ3n) is 7.32. The van der Waals surface area contributed by atoms with Crippen LogP contribution >= 0.6 is 0 Å². The zero-order valence-electron chi connectivity index (χ0n) is 21.1. The number of aryl methyl sites for hydroxylation is 2. The first-order valence-corrected chi connectivity index (χ1v) is 12.5. The van der Waals surface area contributed by atoms with Gasteiger partial charge in [-0.1, -0.05) is 18.2 Å². The molecule has 1 aromatic heterocycles. The van der Waals surface area contributed by atoms with Gasteiger partial charge in [-0.15, -0.1) is 0 Å². The van der Waals surface area contributed by atoms with Crippen molar-refractivity contribution in [1.29, 1.82) is 0 Å². The monoisotopic (exact) mass is 489 g/mol. The van der Waals surface area contributed by atoms with Gasteiger partial charge in [0.15, 0.2) is 0 Å². The predicted octanol–water partition coefficient (Wildman–Crippen LogP) is 5.50. The second kappa shape index (κ2) is 8.96. The van der Waals surface area contributed by atoms with E-state index in [2.05, 4.69) is 41.3 Å². The third kappa shape index (κ3) is 4.72. The fourth-order valence-electron chi connectivity index (χ4n) is 5.75. The summed E-state index contributed by atoms with van der Waals surface area (Å²) in [4.78, 5) is 20.0. The van der Waals surface area contributed by atoms with Gasteiger partial charge in [0.1, 0.15) is 11.6 Å². The minimum absolute atomic E-state index is 0.0717. The Bertz CT molecular complexity index is 1310. The van der Waals surface area contributed by atoms with E-state index in [1.165, 1.54) is 0 Å². The zero-order valence-corrected chi connectivity index (χ0v) is 21.1. The highest BCUT2D eigenvalue weighted by Crippen LogP contribution is 2.47. The summed E-state index contributed by atoms with van der Waals surface area (Å²) in [6.07, 6.45) is 5.89. The number of nitrogens with zero attached hydrogens (tertiary/aromatic N) is 2. The lowest BCUT2D eigenvalue weighted by Crippen LogP contribution is -2.22. The standard InChI is InChI=1S/C29H32FN3O3/c1-15-9-17(12-29(3,4)36)10-16(2)26(15)18-5-7-22(30)27-19(18)6-8-23(27)33-25-14-31-24(13-32-25)20-11-21(20)28(34)35/h5,7,9-10,13-14,20-21,23,36H,6,8,11-12H2,1-4H3,(H,32,33)(H,34,35)/t20-,21-,23+/m0/s1. The third-order valence-corrected chi connectivity index (χ3v) is 7.32. The van der Waals surface area contributed by atoms with Gasteiger partial charge >= 0.3 is 5.97 Å². The molecule has 3 atom stereocenters. The molecule has 3 N–H and O–H groups in total. The Hall–Kier alpha value is -3.32. The van der Waals surface area contributed by atoms with Crippen LogP contribution in [0.4, 0.5) is 10.2 Å². The summed E-state index contributed by atoms with van der Waals surface area (Å²) >= 11 is 0. The molecular formula is C29H32FN3O3. The number of benzene rings is 2. The van der Waals surface area contributed by atoms with Crippen LogP contribution in [-0.2, 0) is 17.6 Å². The molecule has 0 radical (unpaired) electrons. The number of carboxylic acid groups (broad SMARTS) is 1. The van der Waals surface area contributed by atoms with Crippen molar-refractivity contribution in [2.75, 3.05) is 5.32 Å². The summed E-state index contributed by atoms with van der Waals surface area (Å²) in [7, 11) is 0. The number of anilines is 1. The van der Waals surface area contributed by atoms with Gasteiger partial charge in [-0.05, 0) is 86.4 Å². The smallest absolute Gasteiger partial charge is 0.307 e. The molecule has 0 aliphatic heterocycles. The second-order valence-corrected chi connectivity index (χ2v) is 10.9. The zero-order chi connectivity index (χ0) is 25.8. The Morgan fingerprint density at radius 3 is 2.47 bits per heavy atom. The molecule has 0 spiro atoms. The molecular weight excluding hydrogens is 457 g/mol. The van der Waals surface area contributed by atoms with E-state index in [9.17, 15) is 9.90 Å². The highest BCUT2D eigenvalue weighted by Gasteiger charge is 2.45. The number of nitrogens with one attached hydrogen (secondary N) is 1. The summed E-state index contributed by atoms with van der Waals surface area (Å²) in [6.45, 7) is 7.76. The van der Waals surface area contributed by atoms with Gasteiger partial charge in [-0.3, -0.25) is 9.78 Å². The number of aliphatic carboxylic acids is 1. The summed E-state index contributed by atoms with van der Waals surface area (Å²) < 4.78 is 15.1. The van der Waals surface area contributed by atoms with Crippen molar-refractivity contribution in [3.05, 3.63) is 76.0 Å². The van der Waals surface area contributed by atoms with Crippen LogP contribution in [0, 0.1) is 25.6 Å². The molecule has 1 heterocycles. The highest BCUT2D eigenvalue weighted by atomic mass is 19.1. The van der Waals surface area contributed by atoms with Gasteiger partial charge in [0.25, 0.3) is 0 Å². The van der Waals surface area contributed by atoms with Gasteiger partial charge < -0.3 is 15.5 Å². The summed E-state index contributed by atoms with van der Waals surface area (Å²) in [5.74, 6) is -0.918. The minimum Gasteiger partial charge on any atom is -0.481 e. The maximum Gasteiger partial charge on any atom is 0.307 e. The van der Waals surface area contributed by atoms with Crippen molar-refractivity contribution in [3.8, 4) is 11.1 Å². The Kier molecular flexibility index (Phi) is 6.07. The van der Waals surface area contributed by atoms with E-state index in [1.807, 2.05) is 19.9 Å². The van der Waals surface area contributed by atoms with E-state index < -0.39 is 11.6 Å². The molecule has 7 heteroatoms. The second-order valence-electron chi connectivity index (χ2n) is 10.9. The maximum atomic E-state index is 15.1. The fourth-order valence-corrected chi connectivity index (χ4v) is 5.75. The Balaban J connectivity index is 1.41. The molecule has 1 saturated carbocycles. The molecule has 0 unspecified atom stereocenters. The molecule has 2 aliphatic rings. The number of aliphatic hydroxyl groups is 1. The summed E-state index contributed by atoms with van der Waals surface area (Å²) in [5, 5.41) is 22.7. The fraction of sp³-hybridized carbons (Fsp3) is 0.414. The van der Waals surface area contributed by atoms with Crippen LogP contribution in [0.2, 0.25) is 0 Å². The maximum absolute atomic E-state index is 15.1. The average molecular weight is 490 g/mol. The van der Waals surface area contributed by atoms with Crippen LogP contribution in [0.3, 0.4) is 0 Å². The molecule has 0 amide bonds. The average Bonchev–Trinajstić information content (AvgIpc) is 3.48. The molecule has 0 bridgehead atoms. The van der Waals surface area contributed by atoms with Crippen LogP contribution in [-0.4, -0.2) is 31.8 Å². The molecule has 1 fully saturated rings. The topological polar surface area (TPSA) is 95.3 Å². The van der Waals surface area contributed by atoms with Gasteiger partial charge in [-0.2, -0.15) is 0 Å². The molecule has 3 aromatic rings. The van der Waals surface area contributed by atoms with E-state index in [1.54, 1.807) is 18.5 Å². The number of rotatable bonds is 7. The SMILES string of the molecule is Cc1cc(CC(C)(C)O)cc(C)c1-c1ccc(F)c2c1CC[C@H]2Nc1cnc([C@H]2C[C@@H]2C(=O)O)cn1. The first-order valence-electron chi connectivity index (χ1n) is 12.5. The number of hydrogen-bond donors (Lipinski definition) is 3. The van der Waals surface area contributed by atoms with Crippen molar-refractivity contribution < 1.29 is 19.4 Å². The Labute approximate surface area is 210 Å². The van der Waals surface area contributed by atoms with Crippen molar-refractivity contribution in [2.45, 2.75) is 70.9 Å². The van der Waals surface area contributed by atoms with Gasteiger partial charge in [0, 0.05) is 17.9 Å². The van der Waals surface area contributed by atoms with Crippen molar-refractivity contribution in [1.82, 2.24) is 9.97 Å². The van der Waals surface area contributed by atoms with Crippen molar-refractivity contribution in [3.63, 3.8) is 0 Å². The largest absolute Gasteiger partial charge is 0.481 e. The van der Waals surface area contributed by atoms with Gasteiger partial charge in [0.05, 0.1) is 35.6 Å². The van der Waals surface area contributed by atoms with Crippen molar-refractivity contribution >= 4 is 11.8 Å². The summed E-state index contributed by atoms with van der Waals surface area (Å²) in [6, 6.07) is 7.44. The van der Waals surface area contributed by atoms with E-state index in [-0.39, 0.29) is 23.7 Å². The van der Waals surface area contributed by atoms with Crippen LogP contribution in [0.1, 0.15) is 72.2 Å². The normalized spacial score (nSPS) is 20.8. The quantitative estimate of drug-likeness (QED) is 0.406. The number of fused-ring (bicyclic) bond motifs is 1. The van der Waals surface area contributed by atoms with E-state index in [0.29, 0.717) is 29.9 Å². The van der Waals surface area contributed by atoms with Crippen LogP contribution in [0.25, 0.3) is 11.1 Å². The number of hydrogen-bond acceptors (Lipinski definition) is 5. The molecule has 6 nitrogen and oxygen atoms in total. The number of halogens is 1. The van der Waals surface area contributed by atoms with Gasteiger partial charge in [0.2, 0.25) is 0 Å².